The first-order chi connectivity index (χ1) is 9.66. The van der Waals surface area contributed by atoms with Crippen LogP contribution in [-0.2, 0) is 14.3 Å². The van der Waals surface area contributed by atoms with Gasteiger partial charge < -0.3 is 20.7 Å². The lowest BCUT2D eigenvalue weighted by atomic mass is 9.97. The van der Waals surface area contributed by atoms with E-state index in [2.05, 4.69) is 5.32 Å². The van der Waals surface area contributed by atoms with Gasteiger partial charge >= 0.3 is 0 Å². The molecule has 2 heterocycles. The van der Waals surface area contributed by atoms with E-state index in [0.717, 1.165) is 45.3 Å². The van der Waals surface area contributed by atoms with Gasteiger partial charge in [-0.3, -0.25) is 9.59 Å². The highest BCUT2D eigenvalue weighted by atomic mass is 16.5. The minimum Gasteiger partial charge on any atom is -0.378 e. The second-order valence-electron chi connectivity index (χ2n) is 5.65. The molecule has 0 bridgehead atoms. The van der Waals surface area contributed by atoms with Crippen molar-refractivity contribution in [3.8, 4) is 0 Å². The Kier molecular flexibility index (Phi) is 5.79. The number of carbonyl (C=O) groups is 2. The molecule has 6 heteroatoms. The van der Waals surface area contributed by atoms with Crippen molar-refractivity contribution in [3.05, 3.63) is 0 Å². The zero-order valence-electron chi connectivity index (χ0n) is 12.0. The van der Waals surface area contributed by atoms with Crippen LogP contribution in [0, 0.1) is 5.92 Å². The van der Waals surface area contributed by atoms with Crippen LogP contribution in [0.4, 0.5) is 0 Å². The minimum absolute atomic E-state index is 0.0740. The number of likely N-dealkylation sites (tertiary alicyclic amines) is 1. The monoisotopic (exact) mass is 283 g/mol. The highest BCUT2D eigenvalue weighted by Crippen LogP contribution is 2.17. The van der Waals surface area contributed by atoms with Gasteiger partial charge in [0.2, 0.25) is 11.8 Å². The summed E-state index contributed by atoms with van der Waals surface area (Å²) in [5, 5.41) is 3.28. The molecular formula is C14H25N3O3. The second kappa shape index (κ2) is 7.59. The molecule has 2 fully saturated rings. The van der Waals surface area contributed by atoms with E-state index in [1.807, 2.05) is 0 Å². The van der Waals surface area contributed by atoms with Crippen molar-refractivity contribution in [2.24, 2.45) is 11.7 Å². The Morgan fingerprint density at radius 3 is 2.70 bits per heavy atom. The summed E-state index contributed by atoms with van der Waals surface area (Å²) in [6, 6.07) is 0. The molecule has 114 valence electrons. The van der Waals surface area contributed by atoms with Gasteiger partial charge in [0, 0.05) is 13.1 Å². The zero-order valence-corrected chi connectivity index (χ0v) is 12.0. The molecule has 2 rings (SSSR count). The molecule has 3 N–H and O–H groups in total. The Bertz CT molecular complexity index is 343. The standard InChI is InChI=1S/C14H25N3O3/c15-14(19)11-2-1-8-17(10-11)13(18)5-9-20-12-3-6-16-7-4-12/h11-12,16H,1-10H2,(H2,15,19). The quantitative estimate of drug-likeness (QED) is 0.736. The van der Waals surface area contributed by atoms with Gasteiger partial charge in [-0.15, -0.1) is 0 Å². The minimum atomic E-state index is -0.298. The molecule has 0 aromatic rings. The molecule has 0 aliphatic carbocycles. The lowest BCUT2D eigenvalue weighted by molar-refractivity contribution is -0.136. The van der Waals surface area contributed by atoms with Crippen molar-refractivity contribution >= 4 is 11.8 Å². The van der Waals surface area contributed by atoms with E-state index >= 15 is 0 Å². The van der Waals surface area contributed by atoms with Crippen molar-refractivity contribution < 1.29 is 14.3 Å². The molecule has 20 heavy (non-hydrogen) atoms. The summed E-state index contributed by atoms with van der Waals surface area (Å²) in [5.41, 5.74) is 5.32. The molecule has 1 atom stereocenters. The number of hydrogen-bond donors (Lipinski definition) is 2. The van der Waals surface area contributed by atoms with E-state index in [4.69, 9.17) is 10.5 Å². The van der Waals surface area contributed by atoms with Crippen LogP contribution in [-0.4, -0.2) is 55.6 Å². The third kappa shape index (κ3) is 4.45. The number of nitrogens with zero attached hydrogens (tertiary/aromatic N) is 1. The van der Waals surface area contributed by atoms with E-state index in [1.165, 1.54) is 0 Å². The molecule has 0 spiro atoms. The fraction of sp³-hybridized carbons (Fsp3) is 0.857. The largest absolute Gasteiger partial charge is 0.378 e. The number of piperidine rings is 2. The average molecular weight is 283 g/mol. The Morgan fingerprint density at radius 2 is 2.00 bits per heavy atom. The van der Waals surface area contributed by atoms with Crippen LogP contribution in [0.1, 0.15) is 32.1 Å². The van der Waals surface area contributed by atoms with Gasteiger partial charge in [-0.05, 0) is 38.8 Å². The molecule has 1 unspecified atom stereocenters. The van der Waals surface area contributed by atoms with Crippen molar-refractivity contribution in [2.45, 2.75) is 38.2 Å². The fourth-order valence-corrected chi connectivity index (χ4v) is 2.87. The maximum atomic E-state index is 12.1. The number of primary amides is 1. The zero-order chi connectivity index (χ0) is 14.4. The number of nitrogens with two attached hydrogens (primary N) is 1. The normalized spacial score (nSPS) is 24.6. The van der Waals surface area contributed by atoms with E-state index in [1.54, 1.807) is 4.90 Å². The summed E-state index contributed by atoms with van der Waals surface area (Å²) in [7, 11) is 0. The first-order valence-corrected chi connectivity index (χ1v) is 7.56. The first-order valence-electron chi connectivity index (χ1n) is 7.56. The van der Waals surface area contributed by atoms with Crippen LogP contribution in [0.25, 0.3) is 0 Å². The van der Waals surface area contributed by atoms with Gasteiger partial charge in [0.15, 0.2) is 0 Å². The Balaban J connectivity index is 1.67. The Labute approximate surface area is 120 Å². The molecule has 0 aromatic heterocycles. The average Bonchev–Trinajstić information content (AvgIpc) is 2.48. The summed E-state index contributed by atoms with van der Waals surface area (Å²) in [6.07, 6.45) is 4.36. The number of amides is 2. The Morgan fingerprint density at radius 1 is 1.25 bits per heavy atom. The van der Waals surface area contributed by atoms with Crippen LogP contribution >= 0.6 is 0 Å². The number of hydrogen-bond acceptors (Lipinski definition) is 4. The number of rotatable bonds is 5. The van der Waals surface area contributed by atoms with Crippen molar-refractivity contribution in [3.63, 3.8) is 0 Å². The molecule has 2 amide bonds. The summed E-state index contributed by atoms with van der Waals surface area (Å²) in [4.78, 5) is 25.0. The molecule has 2 saturated heterocycles. The SMILES string of the molecule is NC(=O)C1CCCN(C(=O)CCOC2CCNCC2)C1. The van der Waals surface area contributed by atoms with Gasteiger partial charge in [-0.2, -0.15) is 0 Å². The fourth-order valence-electron chi connectivity index (χ4n) is 2.87. The van der Waals surface area contributed by atoms with Crippen molar-refractivity contribution in [2.75, 3.05) is 32.8 Å². The predicted octanol–water partition coefficient (Wildman–Crippen LogP) is -0.131. The molecule has 0 aromatic carbocycles. The first kappa shape index (κ1) is 15.3. The number of carbonyl (C=O) groups excluding carboxylic acids is 2. The van der Waals surface area contributed by atoms with E-state index in [-0.39, 0.29) is 23.8 Å². The third-order valence-corrected chi connectivity index (χ3v) is 4.13. The van der Waals surface area contributed by atoms with E-state index < -0.39 is 0 Å². The number of ether oxygens (including phenoxy) is 1. The van der Waals surface area contributed by atoms with Crippen LogP contribution in [0.5, 0.6) is 0 Å². The summed E-state index contributed by atoms with van der Waals surface area (Å²) in [6.45, 7) is 3.66. The molecule has 2 aliphatic rings. The van der Waals surface area contributed by atoms with Crippen LogP contribution in [0.15, 0.2) is 0 Å². The topological polar surface area (TPSA) is 84.7 Å². The molecule has 0 radical (unpaired) electrons. The number of nitrogens with one attached hydrogen (secondary N) is 1. The lowest BCUT2D eigenvalue weighted by Crippen LogP contribution is -2.44. The van der Waals surface area contributed by atoms with E-state index in [9.17, 15) is 9.59 Å². The molecular weight excluding hydrogens is 258 g/mol. The van der Waals surface area contributed by atoms with Crippen LogP contribution < -0.4 is 11.1 Å². The van der Waals surface area contributed by atoms with Gasteiger partial charge in [0.05, 0.1) is 25.0 Å². The lowest BCUT2D eigenvalue weighted by Gasteiger charge is -2.31. The molecule has 0 saturated carbocycles. The smallest absolute Gasteiger partial charge is 0.224 e. The van der Waals surface area contributed by atoms with Gasteiger partial charge in [-0.25, -0.2) is 0 Å². The maximum absolute atomic E-state index is 12.1. The second-order valence-corrected chi connectivity index (χ2v) is 5.65. The highest BCUT2D eigenvalue weighted by molar-refractivity contribution is 5.80. The maximum Gasteiger partial charge on any atom is 0.224 e. The molecule has 6 nitrogen and oxygen atoms in total. The Hall–Kier alpha value is -1.14. The summed E-state index contributed by atoms with van der Waals surface area (Å²) >= 11 is 0. The highest BCUT2D eigenvalue weighted by Gasteiger charge is 2.26. The van der Waals surface area contributed by atoms with E-state index in [0.29, 0.717) is 19.6 Å². The van der Waals surface area contributed by atoms with Crippen molar-refractivity contribution in [1.82, 2.24) is 10.2 Å². The van der Waals surface area contributed by atoms with Crippen LogP contribution in [0.3, 0.4) is 0 Å². The third-order valence-electron chi connectivity index (χ3n) is 4.13. The van der Waals surface area contributed by atoms with Gasteiger partial charge in [0.1, 0.15) is 0 Å². The summed E-state index contributed by atoms with van der Waals surface area (Å²) in [5.74, 6) is -0.406. The van der Waals surface area contributed by atoms with Crippen LogP contribution in [0.2, 0.25) is 0 Å². The van der Waals surface area contributed by atoms with Crippen molar-refractivity contribution in [1.29, 1.82) is 0 Å². The van der Waals surface area contributed by atoms with Gasteiger partial charge in [0.25, 0.3) is 0 Å². The van der Waals surface area contributed by atoms with Gasteiger partial charge in [-0.1, -0.05) is 0 Å². The summed E-state index contributed by atoms with van der Waals surface area (Å²) < 4.78 is 5.74. The predicted molar refractivity (Wildman–Crippen MR) is 75.0 cm³/mol. The molecule has 2 aliphatic heterocycles.